The van der Waals surface area contributed by atoms with Gasteiger partial charge in [-0.3, -0.25) is 0 Å². The summed E-state index contributed by atoms with van der Waals surface area (Å²) in [6, 6.07) is 0. The minimum Gasteiger partial charge on any atom is -0.0762 e. The van der Waals surface area contributed by atoms with Crippen molar-refractivity contribution in [3.8, 4) is 0 Å². The number of fused-ring (bicyclic) bond motifs is 2. The van der Waals surface area contributed by atoms with Crippen molar-refractivity contribution in [3.05, 3.63) is 110 Å². The van der Waals surface area contributed by atoms with Crippen LogP contribution in [-0.4, -0.2) is 0 Å². The Morgan fingerprint density at radius 2 is 1.04 bits per heavy atom. The van der Waals surface area contributed by atoms with Crippen molar-refractivity contribution in [1.29, 1.82) is 0 Å². The highest BCUT2D eigenvalue weighted by molar-refractivity contribution is 5.71. The summed E-state index contributed by atoms with van der Waals surface area (Å²) in [6.45, 7) is 0. The van der Waals surface area contributed by atoms with Gasteiger partial charge in [0.25, 0.3) is 0 Å². The molecule has 3 saturated carbocycles. The summed E-state index contributed by atoms with van der Waals surface area (Å²) < 4.78 is 0. The van der Waals surface area contributed by atoms with E-state index in [4.69, 9.17) is 0 Å². The molecule has 0 nitrogen and oxygen atoms in total. The molecule has 10 radical (unpaired) electrons. The van der Waals surface area contributed by atoms with Gasteiger partial charge in [-0.25, -0.2) is 0 Å². The lowest BCUT2D eigenvalue weighted by Crippen LogP contribution is -2.36. The van der Waals surface area contributed by atoms with Crippen molar-refractivity contribution in [1.82, 2.24) is 0 Å². The highest BCUT2D eigenvalue weighted by Crippen LogP contribution is 2.67. The summed E-state index contributed by atoms with van der Waals surface area (Å²) in [4.78, 5) is 0. The van der Waals surface area contributed by atoms with E-state index in [-0.39, 0.29) is 5.41 Å². The van der Waals surface area contributed by atoms with Gasteiger partial charge in [0.1, 0.15) is 0 Å². The van der Waals surface area contributed by atoms with Crippen molar-refractivity contribution in [2.24, 2.45) is 5.41 Å². The third-order valence-corrected chi connectivity index (χ3v) is 5.85. The fraction of sp³-hybridized carbons (Fsp3) is 0.217. The minimum absolute atomic E-state index is 0.201. The molecule has 0 heteroatoms. The molecule has 0 heterocycles. The van der Waals surface area contributed by atoms with E-state index >= 15 is 0 Å². The van der Waals surface area contributed by atoms with E-state index < -0.39 is 0 Å². The second kappa shape index (κ2) is 5.50. The fourth-order valence-electron chi connectivity index (χ4n) is 4.80. The lowest BCUT2D eigenvalue weighted by Gasteiger charge is -2.45. The summed E-state index contributed by atoms with van der Waals surface area (Å²) in [5.74, 6) is 8.73. The molecule has 0 aromatic heterocycles. The van der Waals surface area contributed by atoms with E-state index in [1.807, 2.05) is 0 Å². The molecule has 3 fully saturated rings. The smallest absolute Gasteiger partial charge is 0.0164 e. The Balaban J connectivity index is 1.49. The van der Waals surface area contributed by atoms with Crippen LogP contribution in [-0.2, 0) is 0 Å². The zero-order valence-electron chi connectivity index (χ0n) is 13.3. The standard InChI is InChI=1S/C23H20/c1-3-9-19-17(7-1)11-13-21(19)23(15-5-6-16-23)22-14-12-18-8-2-4-10-20(18)22/h1-4,7-14H,5-6,15-16H2. The first kappa shape index (κ1) is 14.3. The topological polar surface area (TPSA) is 0 Å². The zero-order chi connectivity index (χ0) is 15.3. The highest BCUT2D eigenvalue weighted by atomic mass is 14.6. The number of hydrogen-bond donors (Lipinski definition) is 0. The third-order valence-electron chi connectivity index (χ3n) is 5.85. The van der Waals surface area contributed by atoms with Crippen LogP contribution >= 0.6 is 0 Å². The highest BCUT2D eigenvalue weighted by Gasteiger charge is 2.57. The monoisotopic (exact) mass is 296 g/mol. The van der Waals surface area contributed by atoms with Crippen LogP contribution in [0.3, 0.4) is 0 Å². The summed E-state index contributed by atoms with van der Waals surface area (Å²) in [7, 11) is 0. The predicted octanol–water partition coefficient (Wildman–Crippen LogP) is 5.09. The Bertz CT molecular complexity index is 523. The van der Waals surface area contributed by atoms with Crippen LogP contribution in [0.15, 0.2) is 48.6 Å². The number of hydrogen-bond acceptors (Lipinski definition) is 0. The van der Waals surface area contributed by atoms with Crippen LogP contribution in [0.5, 0.6) is 0 Å². The molecule has 23 heavy (non-hydrogen) atoms. The van der Waals surface area contributed by atoms with Crippen LogP contribution < -0.4 is 0 Å². The van der Waals surface area contributed by atoms with Gasteiger partial charge in [-0.1, -0.05) is 61.4 Å². The first-order valence-corrected chi connectivity index (χ1v) is 8.68. The molecular formula is C23H20. The molecule has 5 aliphatic carbocycles. The van der Waals surface area contributed by atoms with Gasteiger partial charge in [-0.15, -0.1) is 0 Å². The Morgan fingerprint density at radius 3 is 1.57 bits per heavy atom. The van der Waals surface area contributed by atoms with E-state index in [2.05, 4.69) is 74.3 Å². The molecule has 0 unspecified atom stereocenters. The van der Waals surface area contributed by atoms with E-state index in [0.29, 0.717) is 0 Å². The Morgan fingerprint density at radius 1 is 0.565 bits per heavy atom. The molecule has 0 spiro atoms. The van der Waals surface area contributed by atoms with Gasteiger partial charge in [-0.05, 0) is 55.8 Å². The van der Waals surface area contributed by atoms with Gasteiger partial charge < -0.3 is 0 Å². The molecule has 0 aliphatic heterocycles. The van der Waals surface area contributed by atoms with Gasteiger partial charge in [0.2, 0.25) is 0 Å². The van der Waals surface area contributed by atoms with Crippen molar-refractivity contribution >= 4 is 0 Å². The predicted molar refractivity (Wildman–Crippen MR) is 94.1 cm³/mol. The molecule has 112 valence electrons. The molecule has 0 N–H and O–H groups in total. The molecule has 0 atom stereocenters. The quantitative estimate of drug-likeness (QED) is 0.666. The molecule has 0 saturated heterocycles. The first-order chi connectivity index (χ1) is 11.4. The summed E-state index contributed by atoms with van der Waals surface area (Å²) >= 11 is 0. The van der Waals surface area contributed by atoms with Crippen molar-refractivity contribution in [2.75, 3.05) is 0 Å². The Labute approximate surface area is 141 Å². The molecule has 0 aromatic rings. The number of rotatable bonds is 2. The SMILES string of the molecule is [CH]1[CH][C](C2([C]3[CH][CH][C]4C=CC=C[C]43)CCCC2)[C]2C=CC=C[C]12. The largest absolute Gasteiger partial charge is 0.0762 e. The maximum absolute atomic E-state index is 2.39. The zero-order valence-corrected chi connectivity index (χ0v) is 13.3. The summed E-state index contributed by atoms with van der Waals surface area (Å²) in [5.41, 5.74) is 0.201. The van der Waals surface area contributed by atoms with Gasteiger partial charge in [0, 0.05) is 23.7 Å². The normalized spacial score (nSPS) is 32.2. The Kier molecular flexibility index (Phi) is 3.42. The molecule has 0 aromatic carbocycles. The Hall–Kier alpha value is -1.04. The van der Waals surface area contributed by atoms with Gasteiger partial charge >= 0.3 is 0 Å². The molecular weight excluding hydrogens is 276 g/mol. The lowest BCUT2D eigenvalue weighted by atomic mass is 9.58. The van der Waals surface area contributed by atoms with E-state index in [1.54, 1.807) is 11.8 Å². The molecule has 5 aliphatic rings. The summed E-state index contributed by atoms with van der Waals surface area (Å²) in [6.07, 6.45) is 32.3. The number of allylic oxidation sites excluding steroid dienone is 8. The average molecular weight is 296 g/mol. The lowest BCUT2D eigenvalue weighted by molar-refractivity contribution is 0.364. The van der Waals surface area contributed by atoms with Crippen molar-refractivity contribution in [2.45, 2.75) is 25.7 Å². The molecule has 0 bridgehead atoms. The fourth-order valence-corrected chi connectivity index (χ4v) is 4.80. The molecule has 5 rings (SSSR count). The van der Waals surface area contributed by atoms with Crippen LogP contribution in [0.1, 0.15) is 25.7 Å². The minimum atomic E-state index is 0.201. The van der Waals surface area contributed by atoms with Gasteiger partial charge in [-0.2, -0.15) is 0 Å². The van der Waals surface area contributed by atoms with Gasteiger partial charge in [0.15, 0.2) is 0 Å². The second-order valence-corrected chi connectivity index (χ2v) is 6.96. The molecule has 0 amide bonds. The second-order valence-electron chi connectivity index (χ2n) is 6.96. The van der Waals surface area contributed by atoms with E-state index in [9.17, 15) is 0 Å². The van der Waals surface area contributed by atoms with Crippen LogP contribution in [0.4, 0.5) is 0 Å². The van der Waals surface area contributed by atoms with Crippen LogP contribution in [0, 0.1) is 66.6 Å². The first-order valence-electron chi connectivity index (χ1n) is 8.68. The maximum atomic E-state index is 2.39. The van der Waals surface area contributed by atoms with E-state index in [0.717, 1.165) is 0 Å². The van der Waals surface area contributed by atoms with Crippen molar-refractivity contribution < 1.29 is 0 Å². The average Bonchev–Trinajstić information content (AvgIpc) is 3.32. The summed E-state index contributed by atoms with van der Waals surface area (Å²) in [5, 5.41) is 0. The van der Waals surface area contributed by atoms with Crippen LogP contribution in [0.25, 0.3) is 0 Å². The van der Waals surface area contributed by atoms with Crippen molar-refractivity contribution in [3.63, 3.8) is 0 Å². The van der Waals surface area contributed by atoms with Crippen LogP contribution in [0.2, 0.25) is 0 Å². The maximum Gasteiger partial charge on any atom is 0.0164 e. The third kappa shape index (κ3) is 2.10. The van der Waals surface area contributed by atoms with Gasteiger partial charge in [0.05, 0.1) is 0 Å². The van der Waals surface area contributed by atoms with E-state index in [1.165, 1.54) is 49.4 Å².